The molecule has 1 amide bonds. The van der Waals surface area contributed by atoms with Gasteiger partial charge in [-0.05, 0) is 40.3 Å². The van der Waals surface area contributed by atoms with Crippen molar-refractivity contribution < 1.29 is 14.7 Å². The molecule has 4 nitrogen and oxygen atoms in total. The third-order valence-electron chi connectivity index (χ3n) is 3.33. The van der Waals surface area contributed by atoms with Gasteiger partial charge in [0, 0.05) is 17.6 Å². The van der Waals surface area contributed by atoms with E-state index in [9.17, 15) is 14.7 Å². The second-order valence-electron chi connectivity index (χ2n) is 4.50. The molecule has 0 saturated carbocycles. The van der Waals surface area contributed by atoms with Gasteiger partial charge in [-0.1, -0.05) is 18.2 Å². The molecule has 1 N–H and O–H groups in total. The van der Waals surface area contributed by atoms with E-state index in [2.05, 4.69) is 22.6 Å². The van der Waals surface area contributed by atoms with Crippen LogP contribution in [0, 0.1) is 2.88 Å². The normalized spacial score (nSPS) is 17.1. The predicted molar refractivity (Wildman–Crippen MR) is 85.5 cm³/mol. The molecule has 0 fully saturated rings. The summed E-state index contributed by atoms with van der Waals surface area (Å²) in [6.07, 6.45) is 0. The molecular weight excluding hydrogens is 389 g/mol. The number of para-hydroxylation sites is 1. The highest BCUT2D eigenvalue weighted by Gasteiger charge is 2.36. The highest BCUT2D eigenvalue weighted by Crippen LogP contribution is 2.37. The van der Waals surface area contributed by atoms with Crippen molar-refractivity contribution in [3.05, 3.63) is 49.7 Å². The van der Waals surface area contributed by atoms with Crippen LogP contribution in [0.15, 0.2) is 35.7 Å². The van der Waals surface area contributed by atoms with E-state index in [-0.39, 0.29) is 12.5 Å². The lowest BCUT2D eigenvalue weighted by molar-refractivity contribution is -0.138. The quantitative estimate of drug-likeness (QED) is 0.790. The third kappa shape index (κ3) is 2.22. The molecule has 2 aromatic rings. The number of hydrogen-bond donors (Lipinski definition) is 1. The van der Waals surface area contributed by atoms with Crippen LogP contribution >= 0.6 is 33.9 Å². The zero-order valence-corrected chi connectivity index (χ0v) is 13.2. The molecular formula is C14H10INO3S. The van der Waals surface area contributed by atoms with E-state index in [1.165, 1.54) is 11.3 Å². The maximum Gasteiger partial charge on any atom is 0.312 e. The van der Waals surface area contributed by atoms with Crippen LogP contribution in [0.5, 0.6) is 0 Å². The molecule has 0 saturated heterocycles. The van der Waals surface area contributed by atoms with Crippen LogP contribution in [0.2, 0.25) is 0 Å². The fourth-order valence-electron chi connectivity index (χ4n) is 2.39. The number of amides is 1. The SMILES string of the molecule is O=C(O)C1CN(C(=O)c2csc(I)c2)c2ccccc21. The molecule has 20 heavy (non-hydrogen) atoms. The number of hydrogen-bond acceptors (Lipinski definition) is 3. The van der Waals surface area contributed by atoms with Crippen LogP contribution in [-0.2, 0) is 4.79 Å². The lowest BCUT2D eigenvalue weighted by Crippen LogP contribution is -2.30. The van der Waals surface area contributed by atoms with Crippen molar-refractivity contribution in [2.75, 3.05) is 11.4 Å². The van der Waals surface area contributed by atoms with Crippen LogP contribution in [0.4, 0.5) is 5.69 Å². The summed E-state index contributed by atoms with van der Waals surface area (Å²) in [4.78, 5) is 25.4. The molecule has 1 aromatic heterocycles. The Morgan fingerprint density at radius 2 is 2.10 bits per heavy atom. The number of nitrogens with zero attached hydrogens (tertiary/aromatic N) is 1. The third-order valence-corrected chi connectivity index (χ3v) is 5.11. The summed E-state index contributed by atoms with van der Waals surface area (Å²) in [5, 5.41) is 11.1. The van der Waals surface area contributed by atoms with Crippen molar-refractivity contribution in [1.82, 2.24) is 0 Å². The fourth-order valence-corrected chi connectivity index (χ4v) is 3.71. The van der Waals surface area contributed by atoms with Crippen LogP contribution in [0.25, 0.3) is 0 Å². The van der Waals surface area contributed by atoms with Crippen LogP contribution < -0.4 is 4.90 Å². The minimum atomic E-state index is -0.896. The lowest BCUT2D eigenvalue weighted by atomic mass is 10.0. The number of benzene rings is 1. The van der Waals surface area contributed by atoms with Gasteiger partial charge in [0.15, 0.2) is 0 Å². The number of thiophene rings is 1. The van der Waals surface area contributed by atoms with Crippen molar-refractivity contribution in [2.45, 2.75) is 5.92 Å². The lowest BCUT2D eigenvalue weighted by Gasteiger charge is -2.16. The Bertz CT molecular complexity index is 697. The number of halogens is 1. The summed E-state index contributed by atoms with van der Waals surface area (Å²) >= 11 is 3.67. The Kier molecular flexibility index (Phi) is 3.51. The van der Waals surface area contributed by atoms with Gasteiger partial charge < -0.3 is 10.0 Å². The summed E-state index contributed by atoms with van der Waals surface area (Å²) in [6.45, 7) is 0.194. The van der Waals surface area contributed by atoms with Crippen LogP contribution in [0.1, 0.15) is 21.8 Å². The van der Waals surface area contributed by atoms with Gasteiger partial charge in [-0.25, -0.2) is 0 Å². The molecule has 1 aliphatic heterocycles. The Balaban J connectivity index is 2.00. The summed E-state index contributed by atoms with van der Waals surface area (Å²) in [5.41, 5.74) is 2.02. The molecule has 102 valence electrons. The first-order valence-electron chi connectivity index (χ1n) is 5.95. The summed E-state index contributed by atoms with van der Waals surface area (Å²) < 4.78 is 1.04. The Labute approximate surface area is 133 Å². The van der Waals surface area contributed by atoms with Crippen molar-refractivity contribution in [3.63, 3.8) is 0 Å². The van der Waals surface area contributed by atoms with E-state index in [1.807, 2.05) is 12.1 Å². The zero-order valence-electron chi connectivity index (χ0n) is 10.2. The van der Waals surface area contributed by atoms with E-state index >= 15 is 0 Å². The maximum atomic E-state index is 12.5. The smallest absolute Gasteiger partial charge is 0.312 e. The number of fused-ring (bicyclic) bond motifs is 1. The molecule has 0 radical (unpaired) electrons. The Hall–Kier alpha value is -1.41. The van der Waals surface area contributed by atoms with Gasteiger partial charge in [0.05, 0.1) is 8.45 Å². The average molecular weight is 399 g/mol. The number of carbonyl (C=O) groups is 2. The van der Waals surface area contributed by atoms with Crippen molar-refractivity contribution in [3.8, 4) is 0 Å². The highest BCUT2D eigenvalue weighted by molar-refractivity contribution is 14.1. The van der Waals surface area contributed by atoms with Crippen LogP contribution in [-0.4, -0.2) is 23.5 Å². The molecule has 2 heterocycles. The minimum absolute atomic E-state index is 0.139. The molecule has 1 aliphatic rings. The van der Waals surface area contributed by atoms with Crippen molar-refractivity contribution in [2.24, 2.45) is 0 Å². The van der Waals surface area contributed by atoms with Crippen molar-refractivity contribution in [1.29, 1.82) is 0 Å². The zero-order chi connectivity index (χ0) is 14.3. The molecule has 1 atom stereocenters. The number of carboxylic acids is 1. The maximum absolute atomic E-state index is 12.5. The van der Waals surface area contributed by atoms with E-state index in [1.54, 1.807) is 28.5 Å². The van der Waals surface area contributed by atoms with Gasteiger partial charge in [-0.15, -0.1) is 11.3 Å². The minimum Gasteiger partial charge on any atom is -0.481 e. The fraction of sp³-hybridized carbons (Fsp3) is 0.143. The number of carbonyl (C=O) groups excluding carboxylic acids is 1. The van der Waals surface area contributed by atoms with Crippen LogP contribution in [0.3, 0.4) is 0 Å². The van der Waals surface area contributed by atoms with E-state index < -0.39 is 11.9 Å². The van der Waals surface area contributed by atoms with Gasteiger partial charge in [-0.3, -0.25) is 9.59 Å². The van der Waals surface area contributed by atoms with E-state index in [4.69, 9.17) is 0 Å². The number of carboxylic acid groups (broad SMARTS) is 1. The molecule has 0 spiro atoms. The number of anilines is 1. The molecule has 1 unspecified atom stereocenters. The predicted octanol–water partition coefficient (Wildman–Crippen LogP) is 3.18. The van der Waals surface area contributed by atoms with Gasteiger partial charge >= 0.3 is 5.97 Å². The standard InChI is InChI=1S/C14H10INO3S/c15-12-5-8(7-20-12)13(17)16-6-10(14(18)19)9-3-1-2-4-11(9)16/h1-5,7,10H,6H2,(H,18,19). The van der Waals surface area contributed by atoms with E-state index in [0.29, 0.717) is 16.8 Å². The Morgan fingerprint density at radius 3 is 2.75 bits per heavy atom. The molecule has 0 aliphatic carbocycles. The van der Waals surface area contributed by atoms with Gasteiger partial charge in [-0.2, -0.15) is 0 Å². The molecule has 1 aromatic carbocycles. The second kappa shape index (κ2) is 5.17. The topological polar surface area (TPSA) is 57.6 Å². The number of aliphatic carboxylic acids is 1. The summed E-state index contributed by atoms with van der Waals surface area (Å²) in [6, 6.07) is 9.02. The average Bonchev–Trinajstić information content (AvgIpc) is 3.02. The largest absolute Gasteiger partial charge is 0.481 e. The number of rotatable bonds is 2. The van der Waals surface area contributed by atoms with Crippen molar-refractivity contribution >= 4 is 51.5 Å². The first-order valence-corrected chi connectivity index (χ1v) is 7.91. The van der Waals surface area contributed by atoms with Gasteiger partial charge in [0.2, 0.25) is 0 Å². The first-order chi connectivity index (χ1) is 9.58. The molecule has 6 heteroatoms. The highest BCUT2D eigenvalue weighted by atomic mass is 127. The first kappa shape index (κ1) is 13.6. The molecule has 3 rings (SSSR count). The summed E-state index contributed by atoms with van der Waals surface area (Å²) in [5.74, 6) is -1.68. The second-order valence-corrected chi connectivity index (χ2v) is 7.31. The molecule has 0 bridgehead atoms. The summed E-state index contributed by atoms with van der Waals surface area (Å²) in [7, 11) is 0. The van der Waals surface area contributed by atoms with Gasteiger partial charge in [0.25, 0.3) is 5.91 Å². The van der Waals surface area contributed by atoms with Gasteiger partial charge in [0.1, 0.15) is 5.92 Å². The Morgan fingerprint density at radius 1 is 1.35 bits per heavy atom. The van der Waals surface area contributed by atoms with E-state index in [0.717, 1.165) is 2.88 Å². The monoisotopic (exact) mass is 399 g/mol.